The van der Waals surface area contributed by atoms with Gasteiger partial charge in [-0.3, -0.25) is 9.59 Å². The minimum absolute atomic E-state index is 0.436. The van der Waals surface area contributed by atoms with Gasteiger partial charge in [-0.05, 0) is 12.8 Å². The standard InChI is InChI=1S/C10H17NO3/c1-2-9(10(13)14)6-4-3-5-7-11-8-12/h2,8-9H,1,3-7H2,(H,11,12)(H,13,14). The number of rotatable bonds is 9. The van der Waals surface area contributed by atoms with Crippen LogP contribution >= 0.6 is 0 Å². The fraction of sp³-hybridized carbons (Fsp3) is 0.600. The first-order valence-corrected chi connectivity index (χ1v) is 4.74. The first kappa shape index (κ1) is 12.7. The molecule has 0 bridgehead atoms. The lowest BCUT2D eigenvalue weighted by molar-refractivity contribution is -0.140. The molecule has 0 aromatic heterocycles. The van der Waals surface area contributed by atoms with Gasteiger partial charge >= 0.3 is 5.97 Å². The maximum Gasteiger partial charge on any atom is 0.310 e. The maximum atomic E-state index is 10.6. The molecule has 0 aromatic carbocycles. The second-order valence-electron chi connectivity index (χ2n) is 3.10. The lowest BCUT2D eigenvalue weighted by Gasteiger charge is -2.06. The molecule has 0 saturated heterocycles. The Morgan fingerprint density at radius 1 is 1.43 bits per heavy atom. The van der Waals surface area contributed by atoms with Gasteiger partial charge in [-0.2, -0.15) is 0 Å². The van der Waals surface area contributed by atoms with Gasteiger partial charge in [-0.25, -0.2) is 0 Å². The van der Waals surface area contributed by atoms with Gasteiger partial charge in [0.25, 0.3) is 0 Å². The SMILES string of the molecule is C=CC(CCCCCNC=O)C(=O)O. The molecule has 1 amide bonds. The summed E-state index contributed by atoms with van der Waals surface area (Å²) in [6.45, 7) is 4.13. The van der Waals surface area contributed by atoms with Crippen molar-refractivity contribution in [2.75, 3.05) is 6.54 Å². The average Bonchev–Trinajstić information content (AvgIpc) is 2.16. The summed E-state index contributed by atoms with van der Waals surface area (Å²) in [5.41, 5.74) is 0. The van der Waals surface area contributed by atoms with Gasteiger partial charge in [0.1, 0.15) is 0 Å². The maximum absolute atomic E-state index is 10.6. The highest BCUT2D eigenvalue weighted by atomic mass is 16.4. The largest absolute Gasteiger partial charge is 0.481 e. The van der Waals surface area contributed by atoms with Crippen LogP contribution in [0.2, 0.25) is 0 Å². The number of carboxylic acid groups (broad SMARTS) is 1. The Morgan fingerprint density at radius 3 is 2.64 bits per heavy atom. The number of hydrogen-bond acceptors (Lipinski definition) is 2. The Bertz CT molecular complexity index is 192. The minimum atomic E-state index is -0.814. The first-order chi connectivity index (χ1) is 6.72. The summed E-state index contributed by atoms with van der Waals surface area (Å²) in [4.78, 5) is 20.4. The molecule has 0 fully saturated rings. The van der Waals surface area contributed by atoms with Crippen molar-refractivity contribution in [3.05, 3.63) is 12.7 Å². The second kappa shape index (κ2) is 8.29. The molecule has 1 atom stereocenters. The third-order valence-electron chi connectivity index (χ3n) is 2.02. The molecule has 1 unspecified atom stereocenters. The van der Waals surface area contributed by atoms with Gasteiger partial charge in [0, 0.05) is 6.54 Å². The van der Waals surface area contributed by atoms with Gasteiger partial charge in [-0.1, -0.05) is 18.9 Å². The second-order valence-corrected chi connectivity index (χ2v) is 3.10. The lowest BCUT2D eigenvalue weighted by Crippen LogP contribution is -2.13. The third-order valence-corrected chi connectivity index (χ3v) is 2.02. The predicted molar refractivity (Wildman–Crippen MR) is 53.9 cm³/mol. The van der Waals surface area contributed by atoms with Gasteiger partial charge in [0.15, 0.2) is 0 Å². The fourth-order valence-electron chi connectivity index (χ4n) is 1.17. The van der Waals surface area contributed by atoms with Crippen molar-refractivity contribution in [3.63, 3.8) is 0 Å². The number of unbranched alkanes of at least 4 members (excludes halogenated alkanes) is 2. The molecule has 0 aliphatic rings. The zero-order valence-electron chi connectivity index (χ0n) is 8.24. The van der Waals surface area contributed by atoms with E-state index < -0.39 is 11.9 Å². The smallest absolute Gasteiger partial charge is 0.310 e. The molecule has 0 aliphatic carbocycles. The number of hydrogen-bond donors (Lipinski definition) is 2. The molecule has 80 valence electrons. The third kappa shape index (κ3) is 6.22. The summed E-state index contributed by atoms with van der Waals surface area (Å²) in [5, 5.41) is 11.2. The lowest BCUT2D eigenvalue weighted by atomic mass is 10.0. The van der Waals surface area contributed by atoms with Gasteiger partial charge in [0.2, 0.25) is 6.41 Å². The highest BCUT2D eigenvalue weighted by Crippen LogP contribution is 2.10. The topological polar surface area (TPSA) is 66.4 Å². The zero-order valence-corrected chi connectivity index (χ0v) is 8.24. The molecule has 4 nitrogen and oxygen atoms in total. The summed E-state index contributed by atoms with van der Waals surface area (Å²) in [7, 11) is 0. The van der Waals surface area contributed by atoms with Crippen molar-refractivity contribution < 1.29 is 14.7 Å². The van der Waals surface area contributed by atoms with Crippen molar-refractivity contribution in [2.45, 2.75) is 25.7 Å². The van der Waals surface area contributed by atoms with Crippen LogP contribution < -0.4 is 5.32 Å². The fourth-order valence-corrected chi connectivity index (χ4v) is 1.17. The van der Waals surface area contributed by atoms with Crippen LogP contribution in [0.1, 0.15) is 25.7 Å². The van der Waals surface area contributed by atoms with E-state index in [0.29, 0.717) is 19.4 Å². The van der Waals surface area contributed by atoms with E-state index in [1.807, 2.05) is 0 Å². The summed E-state index contributed by atoms with van der Waals surface area (Å²) in [6, 6.07) is 0. The predicted octanol–water partition coefficient (Wildman–Crippen LogP) is 1.18. The van der Waals surface area contributed by atoms with Crippen molar-refractivity contribution in [1.82, 2.24) is 5.32 Å². The van der Waals surface area contributed by atoms with Gasteiger partial charge in [-0.15, -0.1) is 6.58 Å². The molecule has 0 aromatic rings. The summed E-state index contributed by atoms with van der Waals surface area (Å²) >= 11 is 0. The highest BCUT2D eigenvalue weighted by Gasteiger charge is 2.11. The number of carboxylic acids is 1. The quantitative estimate of drug-likeness (QED) is 0.333. The molecule has 0 aliphatic heterocycles. The molecule has 4 heteroatoms. The number of nitrogens with one attached hydrogen (secondary N) is 1. The molecule has 0 saturated carbocycles. The Balaban J connectivity index is 3.38. The van der Waals surface area contributed by atoms with E-state index >= 15 is 0 Å². The molecule has 14 heavy (non-hydrogen) atoms. The van der Waals surface area contributed by atoms with Gasteiger partial charge < -0.3 is 10.4 Å². The van der Waals surface area contributed by atoms with Crippen LogP contribution in [-0.4, -0.2) is 24.0 Å². The van der Waals surface area contributed by atoms with Crippen LogP contribution in [0.15, 0.2) is 12.7 Å². The van der Waals surface area contributed by atoms with E-state index in [0.717, 1.165) is 19.3 Å². The molecule has 0 rings (SSSR count). The van der Waals surface area contributed by atoms with Crippen LogP contribution in [0.4, 0.5) is 0 Å². The minimum Gasteiger partial charge on any atom is -0.481 e. The summed E-state index contributed by atoms with van der Waals surface area (Å²) < 4.78 is 0. The zero-order chi connectivity index (χ0) is 10.8. The van der Waals surface area contributed by atoms with E-state index in [-0.39, 0.29) is 0 Å². The Kier molecular flexibility index (Phi) is 7.50. The monoisotopic (exact) mass is 199 g/mol. The molecule has 2 N–H and O–H groups in total. The highest BCUT2D eigenvalue weighted by molar-refractivity contribution is 5.71. The van der Waals surface area contributed by atoms with Crippen LogP contribution in [0.5, 0.6) is 0 Å². The Labute approximate surface area is 84.0 Å². The molecule has 0 spiro atoms. The normalized spacial score (nSPS) is 11.7. The van der Waals surface area contributed by atoms with Crippen LogP contribution in [0, 0.1) is 5.92 Å². The van der Waals surface area contributed by atoms with Crippen molar-refractivity contribution in [1.29, 1.82) is 0 Å². The summed E-state index contributed by atoms with van der Waals surface area (Å²) in [5.74, 6) is -1.25. The number of carbonyl (C=O) groups excluding carboxylic acids is 1. The van der Waals surface area contributed by atoms with Crippen molar-refractivity contribution in [2.24, 2.45) is 5.92 Å². The first-order valence-electron chi connectivity index (χ1n) is 4.74. The number of amides is 1. The average molecular weight is 199 g/mol. The van der Waals surface area contributed by atoms with E-state index in [1.165, 1.54) is 6.08 Å². The number of aliphatic carboxylic acids is 1. The van der Waals surface area contributed by atoms with Crippen LogP contribution in [0.25, 0.3) is 0 Å². The van der Waals surface area contributed by atoms with Gasteiger partial charge in [0.05, 0.1) is 5.92 Å². The van der Waals surface area contributed by atoms with Crippen LogP contribution in [0.3, 0.4) is 0 Å². The van der Waals surface area contributed by atoms with Crippen LogP contribution in [-0.2, 0) is 9.59 Å². The van der Waals surface area contributed by atoms with E-state index in [4.69, 9.17) is 5.11 Å². The van der Waals surface area contributed by atoms with E-state index in [2.05, 4.69) is 11.9 Å². The van der Waals surface area contributed by atoms with E-state index in [9.17, 15) is 9.59 Å². The Morgan fingerprint density at radius 2 is 2.14 bits per heavy atom. The Hall–Kier alpha value is -1.32. The van der Waals surface area contributed by atoms with Crippen molar-refractivity contribution in [3.8, 4) is 0 Å². The molecular formula is C10H17NO3. The van der Waals surface area contributed by atoms with E-state index in [1.54, 1.807) is 0 Å². The summed E-state index contributed by atoms with van der Waals surface area (Å²) in [6.07, 6.45) is 5.43. The number of carbonyl (C=O) groups is 2. The molecular weight excluding hydrogens is 182 g/mol. The molecule has 0 radical (unpaired) electrons. The molecule has 0 heterocycles. The van der Waals surface area contributed by atoms with Crippen molar-refractivity contribution >= 4 is 12.4 Å².